The van der Waals surface area contributed by atoms with Gasteiger partial charge in [0.05, 0.1) is 11.5 Å². The number of hydrogen-bond donors (Lipinski definition) is 0. The lowest BCUT2D eigenvalue weighted by atomic mass is 9.87. The zero-order valence-corrected chi connectivity index (χ0v) is 20.3. The molecule has 0 saturated carbocycles. The average Bonchev–Trinajstić information content (AvgIpc) is 3.04. The van der Waals surface area contributed by atoms with Crippen molar-refractivity contribution in [3.8, 4) is 5.75 Å². The van der Waals surface area contributed by atoms with Crippen molar-refractivity contribution in [2.75, 3.05) is 12.4 Å². The molecule has 0 radical (unpaired) electrons. The molecule has 8 heteroatoms. The van der Waals surface area contributed by atoms with Gasteiger partial charge in [-0.15, -0.1) is 10.2 Å². The minimum absolute atomic E-state index is 0.115. The highest BCUT2D eigenvalue weighted by atomic mass is 32.2. The fourth-order valence-electron chi connectivity index (χ4n) is 2.94. The van der Waals surface area contributed by atoms with Crippen LogP contribution in [0, 0.1) is 6.92 Å². The van der Waals surface area contributed by atoms with Crippen molar-refractivity contribution in [2.24, 2.45) is 7.05 Å². The maximum Gasteiger partial charge on any atom is 0.191 e. The molecule has 0 amide bonds. The van der Waals surface area contributed by atoms with E-state index in [0.717, 1.165) is 11.3 Å². The third-order valence-corrected chi connectivity index (χ3v) is 7.54. The highest BCUT2D eigenvalue weighted by molar-refractivity contribution is 7.99. The summed E-state index contributed by atoms with van der Waals surface area (Å²) in [5, 5.41) is 8.90. The van der Waals surface area contributed by atoms with Crippen molar-refractivity contribution >= 4 is 21.6 Å². The monoisotopic (exact) mass is 459 g/mol. The molecule has 0 spiro atoms. The maximum absolute atomic E-state index is 12.7. The van der Waals surface area contributed by atoms with E-state index >= 15 is 0 Å². The van der Waals surface area contributed by atoms with Crippen molar-refractivity contribution in [1.29, 1.82) is 0 Å². The number of sulfone groups is 1. The van der Waals surface area contributed by atoms with Crippen LogP contribution in [-0.4, -0.2) is 35.5 Å². The van der Waals surface area contributed by atoms with E-state index in [1.807, 2.05) is 19.1 Å². The quantitative estimate of drug-likeness (QED) is 0.363. The van der Waals surface area contributed by atoms with Crippen LogP contribution in [0.25, 0.3) is 0 Å². The molecule has 0 saturated heterocycles. The number of aryl methyl sites for hydroxylation is 1. The Morgan fingerprint density at radius 2 is 1.65 bits per heavy atom. The summed E-state index contributed by atoms with van der Waals surface area (Å²) in [5.74, 6) is 1.74. The standard InChI is InChI=1S/C23H29N3O3S2/c1-17-6-12-20(13-7-17)31(27,28)16-21-24-25-22(26(21)5)30-15-14-29-19-10-8-18(9-11-19)23(2,3)4/h6-13H,14-16H2,1-5H3. The van der Waals surface area contributed by atoms with Crippen LogP contribution in [0.1, 0.15) is 37.7 Å². The van der Waals surface area contributed by atoms with Gasteiger partial charge in [0.25, 0.3) is 0 Å². The van der Waals surface area contributed by atoms with E-state index in [4.69, 9.17) is 4.74 Å². The van der Waals surface area contributed by atoms with Gasteiger partial charge in [-0.1, -0.05) is 62.4 Å². The Hall–Kier alpha value is -2.32. The van der Waals surface area contributed by atoms with Crippen LogP contribution in [0.2, 0.25) is 0 Å². The zero-order chi connectivity index (χ0) is 22.6. The van der Waals surface area contributed by atoms with E-state index in [2.05, 4.69) is 43.1 Å². The first kappa shape index (κ1) is 23.3. The highest BCUT2D eigenvalue weighted by Crippen LogP contribution is 2.25. The van der Waals surface area contributed by atoms with Gasteiger partial charge in [0.15, 0.2) is 15.0 Å². The molecule has 0 aliphatic heterocycles. The number of thioether (sulfide) groups is 1. The average molecular weight is 460 g/mol. The SMILES string of the molecule is Cc1ccc(S(=O)(=O)Cc2nnc(SCCOc3ccc(C(C)(C)C)cc3)n2C)cc1. The molecule has 0 atom stereocenters. The highest BCUT2D eigenvalue weighted by Gasteiger charge is 2.20. The number of benzene rings is 2. The number of ether oxygens (including phenoxy) is 1. The van der Waals surface area contributed by atoms with Crippen molar-refractivity contribution < 1.29 is 13.2 Å². The van der Waals surface area contributed by atoms with Gasteiger partial charge in [0, 0.05) is 12.8 Å². The summed E-state index contributed by atoms with van der Waals surface area (Å²) in [7, 11) is -1.69. The van der Waals surface area contributed by atoms with Crippen LogP contribution >= 0.6 is 11.8 Å². The second kappa shape index (κ2) is 9.44. The molecule has 6 nitrogen and oxygen atoms in total. The predicted octanol–water partition coefficient (Wildman–Crippen LogP) is 4.57. The van der Waals surface area contributed by atoms with Crippen LogP contribution in [0.15, 0.2) is 58.6 Å². The molecule has 0 unspecified atom stereocenters. The molecule has 0 aliphatic rings. The molecule has 31 heavy (non-hydrogen) atoms. The number of nitrogens with zero attached hydrogens (tertiary/aromatic N) is 3. The normalized spacial score (nSPS) is 12.2. The molecule has 3 rings (SSSR count). The number of rotatable bonds is 8. The van der Waals surface area contributed by atoms with E-state index in [1.165, 1.54) is 17.3 Å². The minimum atomic E-state index is -3.47. The number of aromatic nitrogens is 3. The second-order valence-corrected chi connectivity index (χ2v) is 11.6. The van der Waals surface area contributed by atoms with Crippen LogP contribution < -0.4 is 4.74 Å². The molecule has 0 N–H and O–H groups in total. The Morgan fingerprint density at radius 3 is 2.26 bits per heavy atom. The Balaban J connectivity index is 1.54. The summed E-state index contributed by atoms with van der Waals surface area (Å²) in [6.07, 6.45) is 0. The summed E-state index contributed by atoms with van der Waals surface area (Å²) in [5.41, 5.74) is 2.40. The van der Waals surface area contributed by atoms with Crippen molar-refractivity contribution in [2.45, 2.75) is 48.9 Å². The number of hydrogen-bond acceptors (Lipinski definition) is 6. The van der Waals surface area contributed by atoms with E-state index in [-0.39, 0.29) is 11.2 Å². The molecule has 1 heterocycles. The smallest absolute Gasteiger partial charge is 0.191 e. The van der Waals surface area contributed by atoms with Gasteiger partial charge < -0.3 is 9.30 Å². The topological polar surface area (TPSA) is 74.1 Å². The lowest BCUT2D eigenvalue weighted by Crippen LogP contribution is -2.11. The fourth-order valence-corrected chi connectivity index (χ4v) is 4.99. The molecule has 2 aromatic carbocycles. The molecule has 0 fully saturated rings. The first-order valence-corrected chi connectivity index (χ1v) is 12.7. The lowest BCUT2D eigenvalue weighted by molar-refractivity contribution is 0.343. The first-order valence-electron chi connectivity index (χ1n) is 10.1. The third-order valence-electron chi connectivity index (χ3n) is 4.93. The van der Waals surface area contributed by atoms with Crippen molar-refractivity contribution in [3.05, 3.63) is 65.5 Å². The van der Waals surface area contributed by atoms with Gasteiger partial charge in [-0.05, 0) is 42.2 Å². The Labute approximate surface area is 189 Å². The lowest BCUT2D eigenvalue weighted by Gasteiger charge is -2.19. The predicted molar refractivity (Wildman–Crippen MR) is 124 cm³/mol. The van der Waals surface area contributed by atoms with Gasteiger partial charge in [0.1, 0.15) is 17.3 Å². The van der Waals surface area contributed by atoms with E-state index in [9.17, 15) is 8.42 Å². The molecule has 3 aromatic rings. The van der Waals surface area contributed by atoms with E-state index in [0.29, 0.717) is 28.2 Å². The molecule has 0 bridgehead atoms. The minimum Gasteiger partial charge on any atom is -0.493 e. The zero-order valence-electron chi connectivity index (χ0n) is 18.6. The van der Waals surface area contributed by atoms with E-state index in [1.54, 1.807) is 35.9 Å². The summed E-state index contributed by atoms with van der Waals surface area (Å²) in [4.78, 5) is 0.293. The first-order chi connectivity index (χ1) is 14.6. The largest absolute Gasteiger partial charge is 0.493 e. The van der Waals surface area contributed by atoms with Crippen molar-refractivity contribution in [3.63, 3.8) is 0 Å². The summed E-state index contributed by atoms with van der Waals surface area (Å²) in [6, 6.07) is 15.0. The Morgan fingerprint density at radius 1 is 1.00 bits per heavy atom. The van der Waals surface area contributed by atoms with Gasteiger partial charge in [-0.25, -0.2) is 8.42 Å². The molecular formula is C23H29N3O3S2. The van der Waals surface area contributed by atoms with Gasteiger partial charge >= 0.3 is 0 Å². The molecule has 0 aliphatic carbocycles. The van der Waals surface area contributed by atoms with Gasteiger partial charge in [-0.3, -0.25) is 0 Å². The van der Waals surface area contributed by atoms with Crippen LogP contribution in [0.4, 0.5) is 0 Å². The third kappa shape index (κ3) is 6.11. The maximum atomic E-state index is 12.7. The summed E-state index contributed by atoms with van der Waals surface area (Å²) in [6.45, 7) is 8.98. The Kier molecular flexibility index (Phi) is 7.11. The summed E-state index contributed by atoms with van der Waals surface area (Å²) >= 11 is 1.49. The van der Waals surface area contributed by atoms with Crippen LogP contribution in [-0.2, 0) is 28.1 Å². The van der Waals surface area contributed by atoms with Crippen LogP contribution in [0.5, 0.6) is 5.75 Å². The molecule has 1 aromatic heterocycles. The van der Waals surface area contributed by atoms with Gasteiger partial charge in [-0.2, -0.15) is 0 Å². The van der Waals surface area contributed by atoms with E-state index < -0.39 is 9.84 Å². The summed E-state index contributed by atoms with van der Waals surface area (Å²) < 4.78 is 32.9. The second-order valence-electron chi connectivity index (χ2n) is 8.50. The van der Waals surface area contributed by atoms with Crippen molar-refractivity contribution in [1.82, 2.24) is 14.8 Å². The van der Waals surface area contributed by atoms with Gasteiger partial charge in [0.2, 0.25) is 0 Å². The Bertz CT molecular complexity index is 1110. The fraction of sp³-hybridized carbons (Fsp3) is 0.391. The molecular weight excluding hydrogens is 430 g/mol. The van der Waals surface area contributed by atoms with Crippen LogP contribution in [0.3, 0.4) is 0 Å². The molecule has 166 valence electrons.